The van der Waals surface area contributed by atoms with Crippen LogP contribution in [0.15, 0.2) is 42.2 Å². The molecule has 0 aliphatic heterocycles. The Morgan fingerprint density at radius 1 is 1.12 bits per heavy atom. The van der Waals surface area contributed by atoms with Crippen molar-refractivity contribution < 1.29 is 9.53 Å². The van der Waals surface area contributed by atoms with Crippen LogP contribution in [0, 0.1) is 0 Å². The van der Waals surface area contributed by atoms with Gasteiger partial charge in [0.15, 0.2) is 5.13 Å². The van der Waals surface area contributed by atoms with E-state index in [4.69, 9.17) is 4.74 Å². The number of ether oxygens (including phenoxy) is 1. The molecule has 8 nitrogen and oxygen atoms in total. The van der Waals surface area contributed by atoms with Gasteiger partial charge in [-0.1, -0.05) is 26.8 Å². The molecule has 172 valence electrons. The number of hydrogen-bond donors (Lipinski definition) is 3. The zero-order valence-corrected chi connectivity index (χ0v) is 20.6. The van der Waals surface area contributed by atoms with Crippen LogP contribution in [0.3, 0.4) is 0 Å². The number of nitrogens with zero attached hydrogens (tertiary/aromatic N) is 3. The van der Waals surface area contributed by atoms with E-state index >= 15 is 0 Å². The van der Waals surface area contributed by atoms with E-state index in [-0.39, 0.29) is 11.4 Å². The fourth-order valence-electron chi connectivity index (χ4n) is 3.22. The first-order valence-electron chi connectivity index (χ1n) is 10.5. The predicted molar refractivity (Wildman–Crippen MR) is 136 cm³/mol. The van der Waals surface area contributed by atoms with Gasteiger partial charge in [-0.15, -0.1) is 22.7 Å². The molecule has 10 heteroatoms. The van der Waals surface area contributed by atoms with Crippen molar-refractivity contribution in [3.8, 4) is 5.75 Å². The number of hydrogen-bond acceptors (Lipinski definition) is 8. The maximum Gasteiger partial charge on any atom is 0.325 e. The summed E-state index contributed by atoms with van der Waals surface area (Å²) < 4.78 is 6.45. The summed E-state index contributed by atoms with van der Waals surface area (Å²) >= 11 is 3.06. The third-order valence-electron chi connectivity index (χ3n) is 4.99. The summed E-state index contributed by atoms with van der Waals surface area (Å²) in [4.78, 5) is 26.6. The minimum Gasteiger partial charge on any atom is -0.495 e. The first kappa shape index (κ1) is 22.9. The Morgan fingerprint density at radius 2 is 1.97 bits per heavy atom. The van der Waals surface area contributed by atoms with Gasteiger partial charge >= 0.3 is 6.03 Å². The van der Waals surface area contributed by atoms with Crippen LogP contribution in [0.5, 0.6) is 5.75 Å². The van der Waals surface area contributed by atoms with Gasteiger partial charge in [-0.25, -0.2) is 19.7 Å². The number of fused-ring (bicyclic) bond motifs is 1. The highest BCUT2D eigenvalue weighted by Crippen LogP contribution is 2.31. The van der Waals surface area contributed by atoms with Gasteiger partial charge in [0, 0.05) is 24.0 Å². The third-order valence-corrected chi connectivity index (χ3v) is 6.88. The van der Waals surface area contributed by atoms with Crippen LogP contribution in [-0.2, 0) is 11.8 Å². The quantitative estimate of drug-likeness (QED) is 0.310. The van der Waals surface area contributed by atoms with Crippen molar-refractivity contribution >= 4 is 55.6 Å². The number of urea groups is 1. The maximum atomic E-state index is 12.6. The molecule has 3 N–H and O–H groups in total. The summed E-state index contributed by atoms with van der Waals surface area (Å²) in [6.07, 6.45) is 4.11. The van der Waals surface area contributed by atoms with E-state index in [2.05, 4.69) is 51.7 Å². The largest absolute Gasteiger partial charge is 0.495 e. The molecule has 0 bridgehead atoms. The van der Waals surface area contributed by atoms with Crippen LogP contribution < -0.4 is 20.7 Å². The van der Waals surface area contributed by atoms with Gasteiger partial charge in [0.1, 0.15) is 17.9 Å². The number of methoxy groups -OCH3 is 1. The first-order chi connectivity index (χ1) is 15.8. The Balaban J connectivity index is 1.34. The van der Waals surface area contributed by atoms with Crippen molar-refractivity contribution in [1.29, 1.82) is 0 Å². The number of benzene rings is 1. The number of carbonyl (C=O) groups is 1. The fraction of sp³-hybridized carbons (Fsp3) is 0.304. The smallest absolute Gasteiger partial charge is 0.325 e. The number of thiazole rings is 1. The summed E-state index contributed by atoms with van der Waals surface area (Å²) in [6, 6.07) is 7.43. The van der Waals surface area contributed by atoms with Crippen LogP contribution >= 0.6 is 22.7 Å². The second kappa shape index (κ2) is 9.72. The van der Waals surface area contributed by atoms with Gasteiger partial charge < -0.3 is 15.4 Å². The zero-order valence-electron chi connectivity index (χ0n) is 18.9. The molecule has 1 aromatic carbocycles. The Hall–Kier alpha value is -3.24. The molecule has 0 fully saturated rings. The van der Waals surface area contributed by atoms with E-state index in [0.29, 0.717) is 23.1 Å². The second-order valence-electron chi connectivity index (χ2n) is 8.41. The van der Waals surface area contributed by atoms with E-state index in [1.54, 1.807) is 31.0 Å². The summed E-state index contributed by atoms with van der Waals surface area (Å²) in [7, 11) is 1.58. The van der Waals surface area contributed by atoms with E-state index < -0.39 is 0 Å². The first-order valence-corrected chi connectivity index (χ1v) is 12.2. The van der Waals surface area contributed by atoms with Crippen LogP contribution in [0.1, 0.15) is 31.2 Å². The van der Waals surface area contributed by atoms with Crippen LogP contribution in [0.25, 0.3) is 10.2 Å². The number of amides is 2. The lowest BCUT2D eigenvalue weighted by Crippen LogP contribution is -2.20. The van der Waals surface area contributed by atoms with Gasteiger partial charge in [-0.2, -0.15) is 0 Å². The molecular weight excluding hydrogens is 456 g/mol. The SMILES string of the molecule is COc1ccc(C(C)(C)C)cc1NC(=O)Nc1ncc(CCNc2ncnc3ccsc23)s1. The second-order valence-corrected chi connectivity index (χ2v) is 10.4. The van der Waals surface area contributed by atoms with Crippen molar-refractivity contribution in [2.45, 2.75) is 32.6 Å². The normalized spacial score (nSPS) is 11.4. The molecule has 0 atom stereocenters. The minimum absolute atomic E-state index is 0.0432. The van der Waals surface area contributed by atoms with Gasteiger partial charge in [0.25, 0.3) is 0 Å². The monoisotopic (exact) mass is 482 g/mol. The number of nitrogens with one attached hydrogen (secondary N) is 3. The summed E-state index contributed by atoms with van der Waals surface area (Å²) in [6.45, 7) is 7.07. The molecule has 4 rings (SSSR count). The molecule has 0 spiro atoms. The topological polar surface area (TPSA) is 101 Å². The van der Waals surface area contributed by atoms with Gasteiger partial charge in [0.2, 0.25) is 0 Å². The number of anilines is 3. The standard InChI is InChI=1S/C23H26N6O2S2/c1-23(2,3)14-5-6-18(31-4)17(11-14)28-21(30)29-22-25-12-15(33-22)7-9-24-20-19-16(8-10-32-19)26-13-27-20/h5-6,8,10-13H,7,9H2,1-4H3,(H,24,26,27)(H2,25,28,29,30). The highest BCUT2D eigenvalue weighted by Gasteiger charge is 2.17. The molecular formula is C23H26N6O2S2. The van der Waals surface area contributed by atoms with Crippen LogP contribution in [-0.4, -0.2) is 34.6 Å². The Bertz CT molecular complexity index is 1260. The summed E-state index contributed by atoms with van der Waals surface area (Å²) in [5, 5.41) is 11.6. The molecule has 3 aromatic heterocycles. The highest BCUT2D eigenvalue weighted by molar-refractivity contribution is 7.17. The van der Waals surface area contributed by atoms with E-state index in [1.807, 2.05) is 29.6 Å². The lowest BCUT2D eigenvalue weighted by molar-refractivity contribution is 0.262. The lowest BCUT2D eigenvalue weighted by atomic mass is 9.87. The van der Waals surface area contributed by atoms with Crippen molar-refractivity contribution in [2.75, 3.05) is 29.6 Å². The average Bonchev–Trinajstić information content (AvgIpc) is 3.43. The number of aromatic nitrogens is 3. The molecule has 0 unspecified atom stereocenters. The van der Waals surface area contributed by atoms with Crippen LogP contribution in [0.2, 0.25) is 0 Å². The summed E-state index contributed by atoms with van der Waals surface area (Å²) in [5.74, 6) is 1.44. The van der Waals surface area contributed by atoms with Gasteiger partial charge in [-0.3, -0.25) is 5.32 Å². The predicted octanol–water partition coefficient (Wildman–Crippen LogP) is 5.75. The summed E-state index contributed by atoms with van der Waals surface area (Å²) in [5.41, 5.74) is 2.62. The average molecular weight is 483 g/mol. The molecule has 0 saturated carbocycles. The molecule has 33 heavy (non-hydrogen) atoms. The Kier molecular flexibility index (Phi) is 6.75. The molecule has 3 heterocycles. The minimum atomic E-state index is -0.362. The van der Waals surface area contributed by atoms with Gasteiger partial charge in [0.05, 0.1) is 23.0 Å². The number of carbonyl (C=O) groups excluding carboxylic acids is 1. The van der Waals surface area contributed by atoms with Crippen LogP contribution in [0.4, 0.5) is 21.4 Å². The maximum absolute atomic E-state index is 12.6. The number of rotatable bonds is 7. The molecule has 2 amide bonds. The highest BCUT2D eigenvalue weighted by atomic mass is 32.1. The molecule has 0 aliphatic carbocycles. The lowest BCUT2D eigenvalue weighted by Gasteiger charge is -2.21. The fourth-order valence-corrected chi connectivity index (χ4v) is 4.84. The molecule has 0 aliphatic rings. The van der Waals surface area contributed by atoms with E-state index in [0.717, 1.165) is 32.9 Å². The molecule has 0 radical (unpaired) electrons. The number of thiophene rings is 1. The Morgan fingerprint density at radius 3 is 2.76 bits per heavy atom. The third kappa shape index (κ3) is 5.58. The van der Waals surface area contributed by atoms with Crippen molar-refractivity contribution in [1.82, 2.24) is 15.0 Å². The van der Waals surface area contributed by atoms with Crippen molar-refractivity contribution in [2.24, 2.45) is 0 Å². The Labute approximate surface area is 200 Å². The molecule has 4 aromatic rings. The molecule has 0 saturated heterocycles. The van der Waals surface area contributed by atoms with E-state index in [1.165, 1.54) is 11.3 Å². The zero-order chi connectivity index (χ0) is 23.4. The van der Waals surface area contributed by atoms with Crippen molar-refractivity contribution in [3.05, 3.63) is 52.6 Å². The van der Waals surface area contributed by atoms with Gasteiger partial charge in [-0.05, 0) is 34.6 Å². The van der Waals surface area contributed by atoms with Crippen molar-refractivity contribution in [3.63, 3.8) is 0 Å². The van der Waals surface area contributed by atoms with E-state index in [9.17, 15) is 4.79 Å².